The molecular weight excluding hydrogens is 261 g/mol. The summed E-state index contributed by atoms with van der Waals surface area (Å²) in [5.74, 6) is 0.887. The molecule has 2 nitrogen and oxygen atoms in total. The first-order valence-electron chi connectivity index (χ1n) is 6.89. The molecule has 1 aromatic rings. The molecule has 1 aliphatic rings. The molecule has 104 valence electrons. The third-order valence-electron chi connectivity index (χ3n) is 3.50. The molecule has 19 heavy (non-hydrogen) atoms. The molecule has 0 bridgehead atoms. The normalized spacial score (nSPS) is 16.3. The van der Waals surface area contributed by atoms with Crippen molar-refractivity contribution < 1.29 is 9.18 Å². The van der Waals surface area contributed by atoms with Gasteiger partial charge in [-0.3, -0.25) is 4.79 Å². The number of hydrogen-bond acceptors (Lipinski definition) is 2. The van der Waals surface area contributed by atoms with E-state index in [9.17, 15) is 9.18 Å². The van der Waals surface area contributed by atoms with Gasteiger partial charge >= 0.3 is 0 Å². The summed E-state index contributed by atoms with van der Waals surface area (Å²) >= 11 is 1.45. The average Bonchev–Trinajstić information content (AvgIpc) is 2.45. The molecule has 1 aromatic carbocycles. The van der Waals surface area contributed by atoms with E-state index < -0.39 is 0 Å². The van der Waals surface area contributed by atoms with Crippen molar-refractivity contribution in [1.29, 1.82) is 0 Å². The van der Waals surface area contributed by atoms with Gasteiger partial charge in [-0.15, -0.1) is 11.8 Å². The molecule has 0 aliphatic heterocycles. The van der Waals surface area contributed by atoms with Crippen LogP contribution in [0.5, 0.6) is 0 Å². The Morgan fingerprint density at radius 3 is 2.58 bits per heavy atom. The fourth-order valence-corrected chi connectivity index (χ4v) is 3.11. The maximum absolute atomic E-state index is 12.7. The Labute approximate surface area is 118 Å². The molecule has 1 aliphatic carbocycles. The van der Waals surface area contributed by atoms with Crippen LogP contribution in [0.1, 0.15) is 32.1 Å². The van der Waals surface area contributed by atoms with E-state index in [1.165, 1.54) is 56.0 Å². The highest BCUT2D eigenvalue weighted by Gasteiger charge is 2.14. The first kappa shape index (κ1) is 14.4. The molecule has 1 fully saturated rings. The number of halogens is 1. The van der Waals surface area contributed by atoms with E-state index in [1.807, 2.05) is 0 Å². The minimum atomic E-state index is -0.244. The van der Waals surface area contributed by atoms with E-state index in [2.05, 4.69) is 5.32 Å². The van der Waals surface area contributed by atoms with Gasteiger partial charge in [-0.1, -0.05) is 19.3 Å². The molecule has 1 amide bonds. The lowest BCUT2D eigenvalue weighted by atomic mass is 9.89. The van der Waals surface area contributed by atoms with Crippen LogP contribution in [-0.2, 0) is 4.79 Å². The summed E-state index contributed by atoms with van der Waals surface area (Å²) in [6.07, 6.45) is 6.41. The minimum absolute atomic E-state index is 0.0694. The quantitative estimate of drug-likeness (QED) is 0.835. The van der Waals surface area contributed by atoms with E-state index in [0.29, 0.717) is 11.7 Å². The van der Waals surface area contributed by atoms with Crippen molar-refractivity contribution in [2.75, 3.05) is 12.3 Å². The summed E-state index contributed by atoms with van der Waals surface area (Å²) < 4.78 is 12.7. The monoisotopic (exact) mass is 281 g/mol. The number of amides is 1. The number of carbonyl (C=O) groups excluding carboxylic acids is 1. The third-order valence-corrected chi connectivity index (χ3v) is 4.51. The molecule has 0 aromatic heterocycles. The molecule has 1 N–H and O–H groups in total. The number of thioether (sulfide) groups is 1. The maximum Gasteiger partial charge on any atom is 0.230 e. The largest absolute Gasteiger partial charge is 0.355 e. The lowest BCUT2D eigenvalue weighted by Crippen LogP contribution is -2.31. The van der Waals surface area contributed by atoms with Crippen molar-refractivity contribution in [1.82, 2.24) is 5.32 Å². The number of nitrogens with one attached hydrogen (secondary N) is 1. The van der Waals surface area contributed by atoms with Gasteiger partial charge in [0.1, 0.15) is 5.82 Å². The summed E-state index contributed by atoms with van der Waals surface area (Å²) in [7, 11) is 0. The predicted octanol–water partition coefficient (Wildman–Crippen LogP) is 3.61. The highest BCUT2D eigenvalue weighted by atomic mass is 32.2. The molecule has 0 heterocycles. The van der Waals surface area contributed by atoms with Crippen LogP contribution >= 0.6 is 11.8 Å². The fourth-order valence-electron chi connectivity index (χ4n) is 2.38. The zero-order valence-electron chi connectivity index (χ0n) is 11.0. The standard InChI is InChI=1S/C15H20FNOS/c16-13-6-8-14(9-7-13)19-11-15(18)17-10-12-4-2-1-3-5-12/h6-9,12H,1-5,10-11H2,(H,17,18). The predicted molar refractivity (Wildman–Crippen MR) is 76.7 cm³/mol. The second-order valence-electron chi connectivity index (χ2n) is 5.05. The van der Waals surface area contributed by atoms with Gasteiger partial charge in [-0.25, -0.2) is 4.39 Å². The zero-order chi connectivity index (χ0) is 13.5. The number of hydrogen-bond donors (Lipinski definition) is 1. The number of rotatable bonds is 5. The smallest absolute Gasteiger partial charge is 0.230 e. The molecule has 0 spiro atoms. The van der Waals surface area contributed by atoms with Crippen LogP contribution in [0.3, 0.4) is 0 Å². The second kappa shape index (κ2) is 7.53. The van der Waals surface area contributed by atoms with Crippen molar-refractivity contribution in [3.8, 4) is 0 Å². The Morgan fingerprint density at radius 2 is 1.89 bits per heavy atom. The Morgan fingerprint density at radius 1 is 1.21 bits per heavy atom. The van der Waals surface area contributed by atoms with Crippen LogP contribution in [0.15, 0.2) is 29.2 Å². The van der Waals surface area contributed by atoms with E-state index in [-0.39, 0.29) is 11.7 Å². The van der Waals surface area contributed by atoms with Crippen molar-refractivity contribution in [3.63, 3.8) is 0 Å². The Kier molecular flexibility index (Phi) is 5.70. The van der Waals surface area contributed by atoms with Gasteiger partial charge in [0.25, 0.3) is 0 Å². The summed E-state index contributed by atoms with van der Waals surface area (Å²) in [6, 6.07) is 6.24. The first-order valence-corrected chi connectivity index (χ1v) is 7.87. The Bertz CT molecular complexity index is 401. The lowest BCUT2D eigenvalue weighted by Gasteiger charge is -2.21. The van der Waals surface area contributed by atoms with Gasteiger partial charge in [0.05, 0.1) is 5.75 Å². The SMILES string of the molecule is O=C(CSc1ccc(F)cc1)NCC1CCCCC1. The molecular formula is C15H20FNOS. The van der Waals surface area contributed by atoms with Crippen LogP contribution in [0.2, 0.25) is 0 Å². The molecule has 0 atom stereocenters. The summed E-state index contributed by atoms with van der Waals surface area (Å²) in [5, 5.41) is 3.00. The molecule has 1 saturated carbocycles. The van der Waals surface area contributed by atoms with Crippen molar-refractivity contribution in [3.05, 3.63) is 30.1 Å². The topological polar surface area (TPSA) is 29.1 Å². The van der Waals surface area contributed by atoms with Crippen LogP contribution < -0.4 is 5.32 Å². The highest BCUT2D eigenvalue weighted by Crippen LogP contribution is 2.23. The number of benzene rings is 1. The van der Waals surface area contributed by atoms with Gasteiger partial charge in [0.2, 0.25) is 5.91 Å². The molecule has 4 heteroatoms. The van der Waals surface area contributed by atoms with Crippen molar-refractivity contribution in [2.24, 2.45) is 5.92 Å². The van der Waals surface area contributed by atoms with Gasteiger partial charge in [0, 0.05) is 11.4 Å². The Balaban J connectivity index is 1.65. The summed E-state index contributed by atoms with van der Waals surface area (Å²) in [6.45, 7) is 0.808. The van der Waals surface area contributed by atoms with Gasteiger partial charge < -0.3 is 5.32 Å². The highest BCUT2D eigenvalue weighted by molar-refractivity contribution is 8.00. The van der Waals surface area contributed by atoms with E-state index in [0.717, 1.165) is 11.4 Å². The van der Waals surface area contributed by atoms with E-state index >= 15 is 0 Å². The number of carbonyl (C=O) groups is 1. The maximum atomic E-state index is 12.7. The van der Waals surface area contributed by atoms with Crippen LogP contribution in [0.25, 0.3) is 0 Å². The van der Waals surface area contributed by atoms with Gasteiger partial charge in [-0.2, -0.15) is 0 Å². The van der Waals surface area contributed by atoms with E-state index in [1.54, 1.807) is 12.1 Å². The fraction of sp³-hybridized carbons (Fsp3) is 0.533. The summed E-state index contributed by atoms with van der Waals surface area (Å²) in [4.78, 5) is 12.6. The molecule has 0 saturated heterocycles. The molecule has 0 unspecified atom stereocenters. The van der Waals surface area contributed by atoms with Gasteiger partial charge in [0.15, 0.2) is 0 Å². The van der Waals surface area contributed by atoms with Crippen molar-refractivity contribution in [2.45, 2.75) is 37.0 Å². The minimum Gasteiger partial charge on any atom is -0.355 e. The van der Waals surface area contributed by atoms with E-state index in [4.69, 9.17) is 0 Å². The average molecular weight is 281 g/mol. The lowest BCUT2D eigenvalue weighted by molar-refractivity contribution is -0.118. The van der Waals surface area contributed by atoms with Crippen LogP contribution in [0.4, 0.5) is 4.39 Å². The summed E-state index contributed by atoms with van der Waals surface area (Å²) in [5.41, 5.74) is 0. The zero-order valence-corrected chi connectivity index (χ0v) is 11.8. The second-order valence-corrected chi connectivity index (χ2v) is 6.10. The third kappa shape index (κ3) is 5.23. The Hall–Kier alpha value is -1.03. The molecule has 2 rings (SSSR count). The van der Waals surface area contributed by atoms with Crippen molar-refractivity contribution >= 4 is 17.7 Å². The van der Waals surface area contributed by atoms with Crippen LogP contribution in [0, 0.1) is 11.7 Å². The van der Waals surface area contributed by atoms with Gasteiger partial charge in [-0.05, 0) is 43.0 Å². The van der Waals surface area contributed by atoms with Crippen LogP contribution in [-0.4, -0.2) is 18.2 Å². The molecule has 0 radical (unpaired) electrons. The first-order chi connectivity index (χ1) is 9.24.